The number of carbonyl (C=O) groups is 1. The lowest BCUT2D eigenvalue weighted by Gasteiger charge is -2.28. The van der Waals surface area contributed by atoms with Gasteiger partial charge in [0.25, 0.3) is 5.91 Å². The second-order valence-electron chi connectivity index (χ2n) is 7.43. The van der Waals surface area contributed by atoms with Crippen molar-refractivity contribution in [3.63, 3.8) is 0 Å². The predicted octanol–water partition coefficient (Wildman–Crippen LogP) is 3.28. The zero-order chi connectivity index (χ0) is 22.5. The number of ether oxygens (including phenoxy) is 3. The number of methoxy groups -OCH3 is 3. The van der Waals surface area contributed by atoms with Crippen LogP contribution in [0.2, 0.25) is 0 Å². The molecule has 0 unspecified atom stereocenters. The fraction of sp³-hybridized carbons (Fsp3) is 0.292. The molecule has 0 fully saturated rings. The third kappa shape index (κ3) is 4.44. The third-order valence-corrected chi connectivity index (χ3v) is 5.54. The monoisotopic (exact) mass is 434 g/mol. The Labute approximate surface area is 187 Å². The Kier molecular flexibility index (Phi) is 6.39. The summed E-state index contributed by atoms with van der Waals surface area (Å²) in [4.78, 5) is 18.8. The van der Waals surface area contributed by atoms with Crippen LogP contribution in [0.25, 0.3) is 5.57 Å². The van der Waals surface area contributed by atoms with Crippen LogP contribution in [0.4, 0.5) is 0 Å². The first kappa shape index (κ1) is 21.4. The minimum Gasteiger partial charge on any atom is -0.496 e. The standard InChI is InChI=1S/C24H26N4O4/c1-30-20-12-21(31-2)23(22(13-20)32-3)18-8-10-27(11-9-18)24(29)19-6-4-17(5-7-19)14-28-16-25-15-26-28/h4-8,12-13,15-16H,9-11,14H2,1-3H3. The number of benzene rings is 2. The van der Waals surface area contributed by atoms with E-state index in [1.807, 2.05) is 41.3 Å². The zero-order valence-electron chi connectivity index (χ0n) is 18.4. The molecule has 0 bridgehead atoms. The van der Waals surface area contributed by atoms with Gasteiger partial charge in [0.2, 0.25) is 0 Å². The van der Waals surface area contributed by atoms with Gasteiger partial charge >= 0.3 is 0 Å². The van der Waals surface area contributed by atoms with Crippen molar-refractivity contribution in [2.24, 2.45) is 0 Å². The van der Waals surface area contributed by atoms with Crippen LogP contribution in [0, 0.1) is 0 Å². The predicted molar refractivity (Wildman–Crippen MR) is 120 cm³/mol. The highest BCUT2D eigenvalue weighted by molar-refractivity contribution is 5.95. The van der Waals surface area contributed by atoms with Gasteiger partial charge in [0.15, 0.2) is 0 Å². The number of amides is 1. The summed E-state index contributed by atoms with van der Waals surface area (Å²) in [5, 5.41) is 4.11. The van der Waals surface area contributed by atoms with Gasteiger partial charge in [0.1, 0.15) is 29.9 Å². The van der Waals surface area contributed by atoms with Crippen molar-refractivity contribution in [1.82, 2.24) is 19.7 Å². The Morgan fingerprint density at radius 2 is 1.75 bits per heavy atom. The lowest BCUT2D eigenvalue weighted by molar-refractivity contribution is 0.0773. The molecule has 0 N–H and O–H groups in total. The molecular weight excluding hydrogens is 408 g/mol. The van der Waals surface area contributed by atoms with Gasteiger partial charge in [-0.25, -0.2) is 9.67 Å². The quantitative estimate of drug-likeness (QED) is 0.568. The van der Waals surface area contributed by atoms with Crippen LogP contribution in [0.15, 0.2) is 55.1 Å². The van der Waals surface area contributed by atoms with E-state index >= 15 is 0 Å². The van der Waals surface area contributed by atoms with Crippen molar-refractivity contribution < 1.29 is 19.0 Å². The van der Waals surface area contributed by atoms with Crippen molar-refractivity contribution in [3.05, 3.63) is 71.8 Å². The highest BCUT2D eigenvalue weighted by atomic mass is 16.5. The van der Waals surface area contributed by atoms with Crippen molar-refractivity contribution in [2.75, 3.05) is 34.4 Å². The van der Waals surface area contributed by atoms with Crippen LogP contribution >= 0.6 is 0 Å². The molecule has 0 saturated carbocycles. The Hall–Kier alpha value is -3.81. The Balaban J connectivity index is 1.48. The first-order valence-corrected chi connectivity index (χ1v) is 10.3. The molecule has 4 rings (SSSR count). The van der Waals surface area contributed by atoms with Crippen LogP contribution in [0.1, 0.15) is 27.9 Å². The largest absolute Gasteiger partial charge is 0.496 e. The van der Waals surface area contributed by atoms with Crippen molar-refractivity contribution >= 4 is 11.5 Å². The molecule has 1 aliphatic rings. The maximum absolute atomic E-state index is 13.0. The molecule has 166 valence electrons. The van der Waals surface area contributed by atoms with E-state index in [0.29, 0.717) is 48.9 Å². The van der Waals surface area contributed by atoms with Crippen molar-refractivity contribution in [2.45, 2.75) is 13.0 Å². The molecule has 1 amide bonds. The number of aromatic nitrogens is 3. The summed E-state index contributed by atoms with van der Waals surface area (Å²) in [5.74, 6) is 2.06. The fourth-order valence-corrected chi connectivity index (χ4v) is 3.84. The van der Waals surface area contributed by atoms with Gasteiger partial charge in [-0.2, -0.15) is 5.10 Å². The van der Waals surface area contributed by atoms with Gasteiger partial charge in [-0.3, -0.25) is 4.79 Å². The maximum Gasteiger partial charge on any atom is 0.254 e. The Morgan fingerprint density at radius 1 is 1.03 bits per heavy atom. The normalized spacial score (nSPS) is 13.5. The average Bonchev–Trinajstić information content (AvgIpc) is 3.36. The number of rotatable bonds is 7. The summed E-state index contributed by atoms with van der Waals surface area (Å²) in [6.45, 7) is 1.76. The molecule has 0 spiro atoms. The molecular formula is C24H26N4O4. The lowest BCUT2D eigenvalue weighted by atomic mass is 9.96. The minimum atomic E-state index is 0.0151. The molecule has 0 atom stereocenters. The number of hydrogen-bond donors (Lipinski definition) is 0. The maximum atomic E-state index is 13.0. The Morgan fingerprint density at radius 3 is 2.28 bits per heavy atom. The summed E-state index contributed by atoms with van der Waals surface area (Å²) in [6, 6.07) is 11.3. The summed E-state index contributed by atoms with van der Waals surface area (Å²) < 4.78 is 18.3. The second kappa shape index (κ2) is 9.55. The summed E-state index contributed by atoms with van der Waals surface area (Å²) in [5.41, 5.74) is 3.73. The molecule has 2 aromatic carbocycles. The first-order chi connectivity index (χ1) is 15.6. The molecule has 1 aliphatic heterocycles. The van der Waals surface area contributed by atoms with E-state index in [0.717, 1.165) is 16.7 Å². The molecule has 32 heavy (non-hydrogen) atoms. The molecule has 3 aromatic rings. The number of nitrogens with zero attached hydrogens (tertiary/aromatic N) is 4. The first-order valence-electron chi connectivity index (χ1n) is 10.3. The third-order valence-electron chi connectivity index (χ3n) is 5.54. The molecule has 8 heteroatoms. The van der Waals surface area contributed by atoms with E-state index in [9.17, 15) is 4.79 Å². The number of carbonyl (C=O) groups excluding carboxylic acids is 1. The fourth-order valence-electron chi connectivity index (χ4n) is 3.84. The SMILES string of the molecule is COc1cc(OC)c(C2=CCN(C(=O)c3ccc(Cn4cncn4)cc3)CC2)c(OC)c1. The molecule has 0 radical (unpaired) electrons. The van der Waals surface area contributed by atoms with Gasteiger partial charge in [-0.05, 0) is 29.7 Å². The van der Waals surface area contributed by atoms with Crippen LogP contribution in [0.3, 0.4) is 0 Å². The van der Waals surface area contributed by atoms with Crippen LogP contribution in [-0.4, -0.2) is 60.0 Å². The van der Waals surface area contributed by atoms with E-state index in [2.05, 4.69) is 16.2 Å². The van der Waals surface area contributed by atoms with Gasteiger partial charge in [0.05, 0.1) is 33.4 Å². The van der Waals surface area contributed by atoms with Crippen LogP contribution in [0.5, 0.6) is 17.2 Å². The summed E-state index contributed by atoms with van der Waals surface area (Å²) in [7, 11) is 4.87. The average molecular weight is 434 g/mol. The molecule has 0 saturated heterocycles. The second-order valence-corrected chi connectivity index (χ2v) is 7.43. The summed E-state index contributed by atoms with van der Waals surface area (Å²) >= 11 is 0. The Bertz CT molecular complexity index is 1080. The molecule has 2 heterocycles. The lowest BCUT2D eigenvalue weighted by Crippen LogP contribution is -2.34. The molecule has 1 aromatic heterocycles. The van der Waals surface area contributed by atoms with E-state index in [4.69, 9.17) is 14.2 Å². The van der Waals surface area contributed by atoms with E-state index in [-0.39, 0.29) is 5.91 Å². The van der Waals surface area contributed by atoms with E-state index in [1.54, 1.807) is 32.3 Å². The highest BCUT2D eigenvalue weighted by Crippen LogP contribution is 2.40. The van der Waals surface area contributed by atoms with Crippen molar-refractivity contribution in [3.8, 4) is 17.2 Å². The van der Waals surface area contributed by atoms with Crippen molar-refractivity contribution in [1.29, 1.82) is 0 Å². The molecule has 0 aliphatic carbocycles. The van der Waals surface area contributed by atoms with E-state index < -0.39 is 0 Å². The smallest absolute Gasteiger partial charge is 0.254 e. The topological polar surface area (TPSA) is 78.7 Å². The van der Waals surface area contributed by atoms with Crippen LogP contribution in [-0.2, 0) is 6.54 Å². The molecule has 8 nitrogen and oxygen atoms in total. The summed E-state index contributed by atoms with van der Waals surface area (Å²) in [6.07, 6.45) is 5.94. The zero-order valence-corrected chi connectivity index (χ0v) is 18.4. The van der Waals surface area contributed by atoms with Gasteiger partial charge in [0, 0.05) is 30.8 Å². The number of hydrogen-bond acceptors (Lipinski definition) is 6. The van der Waals surface area contributed by atoms with Crippen LogP contribution < -0.4 is 14.2 Å². The van der Waals surface area contributed by atoms with E-state index in [1.165, 1.54) is 6.33 Å². The van der Waals surface area contributed by atoms with Gasteiger partial charge in [-0.1, -0.05) is 18.2 Å². The highest BCUT2D eigenvalue weighted by Gasteiger charge is 2.23. The van der Waals surface area contributed by atoms with Gasteiger partial charge in [-0.15, -0.1) is 0 Å². The minimum absolute atomic E-state index is 0.0151. The van der Waals surface area contributed by atoms with Gasteiger partial charge < -0.3 is 19.1 Å².